The highest BCUT2D eigenvalue weighted by Crippen LogP contribution is 2.08. The molecule has 6 nitrogen and oxygen atoms in total. The van der Waals surface area contributed by atoms with Gasteiger partial charge in [0.15, 0.2) is 0 Å². The van der Waals surface area contributed by atoms with E-state index in [-0.39, 0.29) is 6.54 Å². The van der Waals surface area contributed by atoms with Gasteiger partial charge in [-0.15, -0.1) is 0 Å². The number of hydrogen-bond donors (Lipinski definition) is 4. The Bertz CT molecular complexity index is 356. The molecule has 16 heavy (non-hydrogen) atoms. The summed E-state index contributed by atoms with van der Waals surface area (Å²) in [6.45, 7) is 2.80. The molecule has 5 N–H and O–H groups in total. The van der Waals surface area contributed by atoms with E-state index < -0.39 is 12.0 Å². The molecule has 1 aromatic heterocycles. The first-order valence-electron chi connectivity index (χ1n) is 5.05. The van der Waals surface area contributed by atoms with Gasteiger partial charge in [-0.25, -0.2) is 4.98 Å². The lowest BCUT2D eigenvalue weighted by Gasteiger charge is -2.10. The highest BCUT2D eigenvalue weighted by atomic mass is 16.3. The lowest BCUT2D eigenvalue weighted by molar-refractivity contribution is -0.125. The third-order valence-electron chi connectivity index (χ3n) is 1.91. The topological polar surface area (TPSA) is 100 Å². The number of carbonyl (C=O) groups excluding carboxylic acids is 1. The number of nitrogens with zero attached hydrogens (tertiary/aromatic N) is 1. The molecule has 1 rings (SSSR count). The maximum Gasteiger partial charge on any atom is 0.248 e. The summed E-state index contributed by atoms with van der Waals surface area (Å²) < 4.78 is 0. The van der Waals surface area contributed by atoms with Crippen molar-refractivity contribution in [3.05, 3.63) is 18.2 Å². The monoisotopic (exact) mass is 224 g/mol. The molecule has 0 bridgehead atoms. The van der Waals surface area contributed by atoms with Crippen LogP contribution in [0.1, 0.15) is 6.92 Å². The summed E-state index contributed by atoms with van der Waals surface area (Å²) in [6, 6.07) is 5.40. The fourth-order valence-electron chi connectivity index (χ4n) is 1.11. The van der Waals surface area contributed by atoms with Gasteiger partial charge in [0.1, 0.15) is 17.7 Å². The number of aromatic nitrogens is 1. The van der Waals surface area contributed by atoms with Gasteiger partial charge in [-0.1, -0.05) is 6.07 Å². The van der Waals surface area contributed by atoms with E-state index in [1.54, 1.807) is 6.07 Å². The lowest BCUT2D eigenvalue weighted by atomic mass is 10.3. The van der Waals surface area contributed by atoms with Gasteiger partial charge < -0.3 is 21.5 Å². The molecule has 0 fully saturated rings. The van der Waals surface area contributed by atoms with E-state index in [1.807, 2.05) is 19.1 Å². The van der Waals surface area contributed by atoms with E-state index >= 15 is 0 Å². The summed E-state index contributed by atoms with van der Waals surface area (Å²) in [5.41, 5.74) is 4.92. The molecule has 1 atom stereocenters. The van der Waals surface area contributed by atoms with Gasteiger partial charge in [0.2, 0.25) is 5.91 Å². The molecule has 88 valence electrons. The number of anilines is 2. The normalized spacial score (nSPS) is 11.9. The van der Waals surface area contributed by atoms with Gasteiger partial charge >= 0.3 is 0 Å². The Kier molecular flexibility index (Phi) is 4.53. The minimum absolute atomic E-state index is 0.0535. The maximum atomic E-state index is 10.6. The highest BCUT2D eigenvalue weighted by Gasteiger charge is 2.10. The number of aliphatic hydroxyl groups is 1. The fourth-order valence-corrected chi connectivity index (χ4v) is 1.11. The summed E-state index contributed by atoms with van der Waals surface area (Å²) in [7, 11) is 0. The smallest absolute Gasteiger partial charge is 0.248 e. The zero-order chi connectivity index (χ0) is 12.0. The van der Waals surface area contributed by atoms with Gasteiger partial charge in [0.05, 0.1) is 6.54 Å². The van der Waals surface area contributed by atoms with Gasteiger partial charge in [-0.05, 0) is 19.1 Å². The highest BCUT2D eigenvalue weighted by molar-refractivity contribution is 5.79. The standard InChI is InChI=1S/C10H16N4O2/c1-2-12-8-4-3-5-9(14-8)13-6-7(15)10(11)16/h3-5,7,15H,2,6H2,1H3,(H2,11,16)(H2,12,13,14). The van der Waals surface area contributed by atoms with E-state index in [1.165, 1.54) is 0 Å². The van der Waals surface area contributed by atoms with Crippen LogP contribution in [-0.4, -0.2) is 35.2 Å². The van der Waals surface area contributed by atoms with Crippen LogP contribution >= 0.6 is 0 Å². The second-order valence-electron chi connectivity index (χ2n) is 3.24. The second kappa shape index (κ2) is 5.92. The van der Waals surface area contributed by atoms with E-state index in [9.17, 15) is 9.90 Å². The molecule has 1 unspecified atom stereocenters. The SMILES string of the molecule is CCNc1cccc(NCC(O)C(N)=O)n1. The van der Waals surface area contributed by atoms with Crippen molar-refractivity contribution in [1.82, 2.24) is 4.98 Å². The Hall–Kier alpha value is -1.82. The van der Waals surface area contributed by atoms with Crippen LogP contribution in [0.2, 0.25) is 0 Å². The average molecular weight is 224 g/mol. The predicted octanol–water partition coefficient (Wildman–Crippen LogP) is -0.229. The molecule has 0 aliphatic rings. The lowest BCUT2D eigenvalue weighted by Crippen LogP contribution is -2.34. The molecule has 0 spiro atoms. The summed E-state index contributed by atoms with van der Waals surface area (Å²) in [6.07, 6.45) is -1.20. The average Bonchev–Trinajstić information content (AvgIpc) is 2.26. The summed E-state index contributed by atoms with van der Waals surface area (Å²) in [4.78, 5) is 14.8. The van der Waals surface area contributed by atoms with Crippen molar-refractivity contribution in [2.24, 2.45) is 5.73 Å². The van der Waals surface area contributed by atoms with Crippen molar-refractivity contribution >= 4 is 17.5 Å². The van der Waals surface area contributed by atoms with Gasteiger partial charge in [0, 0.05) is 6.54 Å². The number of hydrogen-bond acceptors (Lipinski definition) is 5. The predicted molar refractivity (Wildman–Crippen MR) is 62.1 cm³/mol. The molecule has 1 amide bonds. The number of carbonyl (C=O) groups is 1. The molecular weight excluding hydrogens is 208 g/mol. The minimum atomic E-state index is -1.20. The molecule has 0 aliphatic heterocycles. The second-order valence-corrected chi connectivity index (χ2v) is 3.24. The van der Waals surface area contributed by atoms with Crippen LogP contribution in [0.3, 0.4) is 0 Å². The Morgan fingerprint density at radius 3 is 2.69 bits per heavy atom. The van der Waals surface area contributed by atoms with Gasteiger partial charge in [0.25, 0.3) is 0 Å². The molecule has 6 heteroatoms. The van der Waals surface area contributed by atoms with Crippen LogP contribution in [0.15, 0.2) is 18.2 Å². The van der Waals surface area contributed by atoms with E-state index in [0.29, 0.717) is 5.82 Å². The molecule has 0 saturated carbocycles. The van der Waals surface area contributed by atoms with Crippen LogP contribution in [-0.2, 0) is 4.79 Å². The Labute approximate surface area is 93.9 Å². The Morgan fingerprint density at radius 2 is 2.12 bits per heavy atom. The van der Waals surface area contributed by atoms with Crippen molar-refractivity contribution < 1.29 is 9.90 Å². The fraction of sp³-hybridized carbons (Fsp3) is 0.400. The van der Waals surface area contributed by atoms with E-state index in [2.05, 4.69) is 15.6 Å². The minimum Gasteiger partial charge on any atom is -0.381 e. The molecular formula is C10H16N4O2. The van der Waals surface area contributed by atoms with Crippen LogP contribution in [0.25, 0.3) is 0 Å². The maximum absolute atomic E-state index is 10.6. The van der Waals surface area contributed by atoms with Crippen LogP contribution in [0, 0.1) is 0 Å². The van der Waals surface area contributed by atoms with Crippen LogP contribution in [0.4, 0.5) is 11.6 Å². The quantitative estimate of drug-likeness (QED) is 0.535. The van der Waals surface area contributed by atoms with E-state index in [0.717, 1.165) is 12.4 Å². The van der Waals surface area contributed by atoms with Crippen molar-refractivity contribution in [3.63, 3.8) is 0 Å². The van der Waals surface area contributed by atoms with Crippen molar-refractivity contribution in [3.8, 4) is 0 Å². The third kappa shape index (κ3) is 3.74. The molecule has 0 saturated heterocycles. The van der Waals surface area contributed by atoms with Crippen molar-refractivity contribution in [1.29, 1.82) is 0 Å². The number of pyridine rings is 1. The van der Waals surface area contributed by atoms with Gasteiger partial charge in [-0.2, -0.15) is 0 Å². The Balaban J connectivity index is 2.53. The Morgan fingerprint density at radius 1 is 1.50 bits per heavy atom. The number of amides is 1. The third-order valence-corrected chi connectivity index (χ3v) is 1.91. The van der Waals surface area contributed by atoms with Crippen LogP contribution in [0.5, 0.6) is 0 Å². The first-order valence-corrected chi connectivity index (χ1v) is 5.05. The number of rotatable bonds is 6. The first-order chi connectivity index (χ1) is 7.63. The zero-order valence-electron chi connectivity index (χ0n) is 9.10. The first kappa shape index (κ1) is 12.3. The molecule has 1 aromatic rings. The summed E-state index contributed by atoms with van der Waals surface area (Å²) >= 11 is 0. The van der Waals surface area contributed by atoms with Gasteiger partial charge in [-0.3, -0.25) is 4.79 Å². The van der Waals surface area contributed by atoms with E-state index in [4.69, 9.17) is 5.73 Å². The molecule has 0 aliphatic carbocycles. The largest absolute Gasteiger partial charge is 0.381 e. The van der Waals surface area contributed by atoms with Crippen molar-refractivity contribution in [2.75, 3.05) is 23.7 Å². The molecule has 0 aromatic carbocycles. The van der Waals surface area contributed by atoms with Crippen LogP contribution < -0.4 is 16.4 Å². The number of nitrogens with two attached hydrogens (primary N) is 1. The molecule has 1 heterocycles. The molecule has 0 radical (unpaired) electrons. The zero-order valence-corrected chi connectivity index (χ0v) is 9.10. The summed E-state index contributed by atoms with van der Waals surface area (Å²) in [5, 5.41) is 15.1. The number of primary amides is 1. The number of aliphatic hydroxyl groups excluding tert-OH is 1. The number of nitrogens with one attached hydrogen (secondary N) is 2. The van der Waals surface area contributed by atoms with Crippen molar-refractivity contribution in [2.45, 2.75) is 13.0 Å². The summed E-state index contributed by atoms with van der Waals surface area (Å²) in [5.74, 6) is 0.565.